The van der Waals surface area contributed by atoms with Crippen LogP contribution in [-0.2, 0) is 50.6 Å². The molecule has 2 amide bonds. The lowest BCUT2D eigenvalue weighted by molar-refractivity contribution is 0.262. The summed E-state index contributed by atoms with van der Waals surface area (Å²) in [4.78, 5) is 13.1. The molecular weight excluding hydrogens is 1330 g/mol. The normalized spacial score (nSPS) is 12.6. The van der Waals surface area contributed by atoms with Crippen LogP contribution in [0, 0.1) is 41.5 Å². The van der Waals surface area contributed by atoms with Crippen molar-refractivity contribution >= 4 is 126 Å². The second kappa shape index (κ2) is 32.1. The SMILES string of the molecule is Cc1cc(NC(=O)Nc2cc(C)c(N=Nc3cc(C)c(N=Nc4ccc(OCCCS(=O)(=O)O)cc4S(=O)(=O)O)cc3OCCCS(=O)(=O)O)cc2C)c(C)cc1N=Nc1cc(C)c(N=Nc2ccc(OCCCS(=O)(=O)O)cc2SO)cc1OCCCS(=O)(=O)O. The molecule has 0 radical (unpaired) electrons. The minimum Gasteiger partial charge on any atom is -0.494 e. The number of carbonyl (C=O) groups excluding carboxylic acids is 1. The van der Waals surface area contributed by atoms with E-state index >= 15 is 0 Å². The molecule has 0 fully saturated rings. The van der Waals surface area contributed by atoms with E-state index in [2.05, 4.69) is 51.5 Å². The van der Waals surface area contributed by atoms with Crippen molar-refractivity contribution in [1.29, 1.82) is 0 Å². The van der Waals surface area contributed by atoms with Crippen molar-refractivity contribution in [3.63, 3.8) is 0 Å². The number of aryl methyl sites for hydroxylation is 6. The first-order valence-electron chi connectivity index (χ1n) is 27.2. The number of urea groups is 1. The maximum atomic E-state index is 13.6. The number of benzene rings is 6. The van der Waals surface area contributed by atoms with Crippen LogP contribution in [0.1, 0.15) is 59.1 Å². The molecule has 0 saturated heterocycles. The van der Waals surface area contributed by atoms with Crippen LogP contribution in [0.25, 0.3) is 0 Å². The molecule has 0 aromatic heterocycles. The van der Waals surface area contributed by atoms with Crippen molar-refractivity contribution in [2.75, 3.05) is 60.1 Å². The van der Waals surface area contributed by atoms with Gasteiger partial charge in [0.05, 0.1) is 77.1 Å². The van der Waals surface area contributed by atoms with Gasteiger partial charge in [-0.05, 0) is 167 Å². The average Bonchev–Trinajstić information content (AvgIpc) is 0.879. The summed E-state index contributed by atoms with van der Waals surface area (Å²) in [5, 5.41) is 40.3. The van der Waals surface area contributed by atoms with Gasteiger partial charge in [-0.2, -0.15) is 62.5 Å². The molecule has 31 nitrogen and oxygen atoms in total. The van der Waals surface area contributed by atoms with Crippen molar-refractivity contribution < 1.29 is 93.1 Å². The van der Waals surface area contributed by atoms with Gasteiger partial charge in [0.15, 0.2) is 0 Å². The van der Waals surface area contributed by atoms with Crippen LogP contribution < -0.4 is 29.6 Å². The number of nitrogens with one attached hydrogen (secondary N) is 2. The predicted molar refractivity (Wildman–Crippen MR) is 341 cm³/mol. The van der Waals surface area contributed by atoms with Crippen LogP contribution in [0.4, 0.5) is 61.7 Å². The van der Waals surface area contributed by atoms with Gasteiger partial charge in [0.25, 0.3) is 50.6 Å². The Morgan fingerprint density at radius 3 is 1.09 bits per heavy atom. The van der Waals surface area contributed by atoms with Gasteiger partial charge in [0.2, 0.25) is 0 Å². The number of carbonyl (C=O) groups is 1. The van der Waals surface area contributed by atoms with Crippen molar-refractivity contribution in [1.82, 2.24) is 0 Å². The molecule has 0 spiro atoms. The second-order valence-corrected chi connectivity index (χ2v) is 28.6. The second-order valence-electron chi connectivity index (χ2n) is 20.3. The first-order chi connectivity index (χ1) is 43.0. The monoisotopic (exact) mass is 1390 g/mol. The van der Waals surface area contributed by atoms with Gasteiger partial charge in [-0.25, -0.2) is 4.79 Å². The maximum absolute atomic E-state index is 13.6. The van der Waals surface area contributed by atoms with Gasteiger partial charge in [-0.3, -0.25) is 22.8 Å². The molecule has 0 heterocycles. The zero-order chi connectivity index (χ0) is 67.8. The molecule has 0 aliphatic carbocycles. The number of amides is 2. The van der Waals surface area contributed by atoms with Gasteiger partial charge >= 0.3 is 6.03 Å². The Bertz CT molecular complexity index is 4440. The summed E-state index contributed by atoms with van der Waals surface area (Å²) in [6, 6.07) is 20.1. The van der Waals surface area contributed by atoms with Gasteiger partial charge in [-0.15, -0.1) is 20.5 Å². The minimum atomic E-state index is -4.91. The van der Waals surface area contributed by atoms with E-state index in [-0.39, 0.29) is 103 Å². The number of rotatable bonds is 32. The zero-order valence-corrected chi connectivity index (χ0v) is 54.8. The van der Waals surface area contributed by atoms with Crippen molar-refractivity contribution in [3.8, 4) is 23.0 Å². The van der Waals surface area contributed by atoms with Crippen molar-refractivity contribution in [3.05, 3.63) is 118 Å². The highest BCUT2D eigenvalue weighted by Gasteiger charge is 2.20. The van der Waals surface area contributed by atoms with E-state index < -0.39 is 84.5 Å². The van der Waals surface area contributed by atoms with Crippen LogP contribution in [0.2, 0.25) is 0 Å². The zero-order valence-electron chi connectivity index (χ0n) is 49.9. The molecule has 92 heavy (non-hydrogen) atoms. The lowest BCUT2D eigenvalue weighted by Gasteiger charge is -2.14. The van der Waals surface area contributed by atoms with Crippen LogP contribution in [0.15, 0.2) is 136 Å². The number of hydrogen-bond donors (Lipinski definition) is 8. The summed E-state index contributed by atoms with van der Waals surface area (Å²) >= 11 is 0.369. The molecule has 0 bridgehead atoms. The first-order valence-corrected chi connectivity index (χ1v) is 35.8. The van der Waals surface area contributed by atoms with Crippen LogP contribution in [0.5, 0.6) is 23.0 Å². The summed E-state index contributed by atoms with van der Waals surface area (Å²) in [7, 11) is -22.0. The highest BCUT2D eigenvalue weighted by atomic mass is 32.2. The minimum absolute atomic E-state index is 0.0219. The Kier molecular flexibility index (Phi) is 25.5. The Labute approximate surface area is 534 Å². The molecule has 8 N–H and O–H groups in total. The van der Waals surface area contributed by atoms with E-state index in [1.807, 2.05) is 0 Å². The Morgan fingerprint density at radius 1 is 0.391 bits per heavy atom. The van der Waals surface area contributed by atoms with E-state index in [1.165, 1.54) is 48.5 Å². The number of hydrogen-bond acceptors (Lipinski definition) is 25. The largest absolute Gasteiger partial charge is 0.494 e. The highest BCUT2D eigenvalue weighted by molar-refractivity contribution is 7.94. The molecule has 0 aliphatic rings. The Balaban J connectivity index is 1.17. The number of nitrogens with zero attached hydrogens (tertiary/aromatic N) is 8. The van der Waals surface area contributed by atoms with E-state index in [0.717, 1.165) is 6.07 Å². The van der Waals surface area contributed by atoms with Gasteiger partial charge in [0, 0.05) is 41.6 Å². The third-order valence-electron chi connectivity index (χ3n) is 12.7. The van der Waals surface area contributed by atoms with Crippen LogP contribution in [-0.4, -0.2) is 125 Å². The van der Waals surface area contributed by atoms with Crippen molar-refractivity contribution in [2.45, 2.75) is 77.0 Å². The number of ether oxygens (including phenoxy) is 4. The first kappa shape index (κ1) is 73.1. The van der Waals surface area contributed by atoms with Gasteiger partial charge in [-0.1, -0.05) is 0 Å². The molecule has 0 saturated carbocycles. The molecule has 6 rings (SSSR count). The maximum Gasteiger partial charge on any atom is 0.323 e. The fraction of sp³-hybridized carbons (Fsp3) is 0.327. The molecule has 6 aromatic carbocycles. The van der Waals surface area contributed by atoms with E-state index in [0.29, 0.717) is 79.6 Å². The molecule has 0 unspecified atom stereocenters. The fourth-order valence-electron chi connectivity index (χ4n) is 8.04. The molecule has 0 aliphatic heterocycles. The smallest absolute Gasteiger partial charge is 0.323 e. The third-order valence-corrected chi connectivity index (χ3v) is 17.3. The topological polar surface area (TPSA) is 469 Å². The Morgan fingerprint density at radius 2 is 0.707 bits per heavy atom. The molecule has 0 atom stereocenters. The Hall–Kier alpha value is -7.95. The summed E-state index contributed by atoms with van der Waals surface area (Å²) in [6.07, 6.45) is -0.319. The van der Waals surface area contributed by atoms with Crippen LogP contribution >= 0.6 is 12.0 Å². The summed E-state index contributed by atoms with van der Waals surface area (Å²) in [5.41, 5.74) is 5.66. The standard InChI is InChI=1S/C55H64N10O21S6/c1-33-25-45(60-64-49-27-37(5)47(31-51(49)85-17-9-21-90(74,75)76)62-58-41-13-11-39(29-53(41)87-67)83-15-7-19-88(68,69)70)35(3)23-43(33)56-55(66)57-44-24-36(4)46(26-34(44)2)61-65-50-28-38(6)48(32-52(50)86-18-10-22-91(77,78)79)63-59-42-14-12-40(30-54(42)92(80,81)82)84-16-8-20-89(71,72)73/h11-14,23-32,67H,7-10,15-22H2,1-6H3,(H2,56,57,66)(H,68,69,70)(H,71,72,73)(H,74,75,76)(H,77,78,79)(H,80,81,82). The van der Waals surface area contributed by atoms with E-state index in [9.17, 15) is 65.1 Å². The number of azo groups is 4. The molecule has 496 valence electrons. The lowest BCUT2D eigenvalue weighted by atomic mass is 10.1. The number of anilines is 2. The van der Waals surface area contributed by atoms with E-state index in [4.69, 9.17) is 28.1 Å². The van der Waals surface area contributed by atoms with E-state index in [1.54, 1.807) is 71.9 Å². The lowest BCUT2D eigenvalue weighted by Crippen LogP contribution is -2.20. The summed E-state index contributed by atoms with van der Waals surface area (Å²) in [6.45, 7) is 9.63. The van der Waals surface area contributed by atoms with Crippen molar-refractivity contribution in [2.24, 2.45) is 40.9 Å². The molecular formula is C55H64N10O21S6. The van der Waals surface area contributed by atoms with Gasteiger partial charge in [0.1, 0.15) is 50.6 Å². The quantitative estimate of drug-likeness (QED) is 0.00841. The molecule has 6 aromatic rings. The summed E-state index contributed by atoms with van der Waals surface area (Å²) < 4.78 is 194. The highest BCUT2D eigenvalue weighted by Crippen LogP contribution is 2.41. The molecule has 37 heteroatoms. The fourth-order valence-corrected chi connectivity index (χ4v) is 11.0. The third kappa shape index (κ3) is 23.9. The van der Waals surface area contributed by atoms with Crippen LogP contribution in [0.3, 0.4) is 0 Å². The predicted octanol–water partition coefficient (Wildman–Crippen LogP) is 13.3. The summed E-state index contributed by atoms with van der Waals surface area (Å²) in [5.74, 6) is -1.91. The van der Waals surface area contributed by atoms with Gasteiger partial charge < -0.3 is 34.1 Å². The average molecular weight is 1390 g/mol.